The first-order chi connectivity index (χ1) is 7.93. The van der Waals surface area contributed by atoms with Gasteiger partial charge in [-0.15, -0.1) is 0 Å². The smallest absolute Gasteiger partial charge is 0.236 e. The highest BCUT2D eigenvalue weighted by Crippen LogP contribution is 2.26. The van der Waals surface area contributed by atoms with Crippen LogP contribution in [0.25, 0.3) is 0 Å². The first kappa shape index (κ1) is 13.5. The fourth-order valence-electron chi connectivity index (χ4n) is 1.65. The quantitative estimate of drug-likeness (QED) is 0.861. The highest BCUT2D eigenvalue weighted by atomic mass is 16.3. The number of aromatic hydroxyl groups is 1. The number of rotatable bonds is 4. The number of benzene rings is 1. The van der Waals surface area contributed by atoms with Gasteiger partial charge >= 0.3 is 0 Å². The van der Waals surface area contributed by atoms with E-state index in [0.717, 1.165) is 5.56 Å². The minimum atomic E-state index is -0.136. The van der Waals surface area contributed by atoms with E-state index in [9.17, 15) is 9.90 Å². The van der Waals surface area contributed by atoms with Gasteiger partial charge in [-0.05, 0) is 27.1 Å². The van der Waals surface area contributed by atoms with Crippen molar-refractivity contribution in [1.82, 2.24) is 9.80 Å². The van der Waals surface area contributed by atoms with E-state index in [1.54, 1.807) is 24.1 Å². The Balaban J connectivity index is 2.80. The van der Waals surface area contributed by atoms with Crippen LogP contribution >= 0.6 is 0 Å². The van der Waals surface area contributed by atoms with Crippen LogP contribution in [0.4, 0.5) is 0 Å². The molecule has 0 aliphatic carbocycles. The fraction of sp³-hybridized carbons (Fsp3) is 0.462. The SMILES string of the molecule is CC(c1ccccc1O)N(C)C(=O)CN(C)C. The van der Waals surface area contributed by atoms with Gasteiger partial charge in [0.2, 0.25) is 5.91 Å². The van der Waals surface area contributed by atoms with Crippen LogP contribution in [0.5, 0.6) is 5.75 Å². The van der Waals surface area contributed by atoms with Crippen molar-refractivity contribution in [3.05, 3.63) is 29.8 Å². The van der Waals surface area contributed by atoms with Crippen LogP contribution in [0.3, 0.4) is 0 Å². The first-order valence-electron chi connectivity index (χ1n) is 5.61. The molecule has 1 unspecified atom stereocenters. The van der Waals surface area contributed by atoms with Crippen molar-refractivity contribution in [2.75, 3.05) is 27.7 Å². The second-order valence-electron chi connectivity index (χ2n) is 4.48. The van der Waals surface area contributed by atoms with E-state index in [-0.39, 0.29) is 17.7 Å². The molecule has 1 N–H and O–H groups in total. The molecule has 0 saturated heterocycles. The zero-order valence-electron chi connectivity index (χ0n) is 10.8. The molecular formula is C13H20N2O2. The number of hydrogen-bond donors (Lipinski definition) is 1. The summed E-state index contributed by atoms with van der Waals surface area (Å²) < 4.78 is 0. The zero-order valence-corrected chi connectivity index (χ0v) is 10.8. The molecule has 0 aliphatic rings. The number of carbonyl (C=O) groups excluding carboxylic acids is 1. The topological polar surface area (TPSA) is 43.8 Å². The van der Waals surface area contributed by atoms with Gasteiger partial charge in [0, 0.05) is 12.6 Å². The van der Waals surface area contributed by atoms with Gasteiger partial charge in [0.25, 0.3) is 0 Å². The maximum Gasteiger partial charge on any atom is 0.236 e. The van der Waals surface area contributed by atoms with Crippen LogP contribution < -0.4 is 0 Å². The molecule has 1 amide bonds. The molecule has 1 atom stereocenters. The van der Waals surface area contributed by atoms with Gasteiger partial charge < -0.3 is 14.9 Å². The Hall–Kier alpha value is -1.55. The Labute approximate surface area is 102 Å². The number of carbonyl (C=O) groups is 1. The summed E-state index contributed by atoms with van der Waals surface area (Å²) in [6.07, 6.45) is 0. The van der Waals surface area contributed by atoms with Crippen molar-refractivity contribution in [2.24, 2.45) is 0 Å². The number of nitrogens with zero attached hydrogens (tertiary/aromatic N) is 2. The van der Waals surface area contributed by atoms with Crippen LogP contribution in [-0.4, -0.2) is 48.5 Å². The molecule has 17 heavy (non-hydrogen) atoms. The van der Waals surface area contributed by atoms with E-state index >= 15 is 0 Å². The summed E-state index contributed by atoms with van der Waals surface area (Å²) in [5.74, 6) is 0.259. The van der Waals surface area contributed by atoms with E-state index in [0.29, 0.717) is 6.54 Å². The molecule has 94 valence electrons. The van der Waals surface area contributed by atoms with Crippen LogP contribution in [0.2, 0.25) is 0 Å². The van der Waals surface area contributed by atoms with Crippen LogP contribution in [0.15, 0.2) is 24.3 Å². The molecular weight excluding hydrogens is 216 g/mol. The van der Waals surface area contributed by atoms with Gasteiger partial charge in [-0.3, -0.25) is 4.79 Å². The van der Waals surface area contributed by atoms with Crippen LogP contribution in [0, 0.1) is 0 Å². The molecule has 0 saturated carbocycles. The van der Waals surface area contributed by atoms with Crippen molar-refractivity contribution >= 4 is 5.91 Å². The number of amides is 1. The molecule has 0 spiro atoms. The van der Waals surface area contributed by atoms with Crippen molar-refractivity contribution in [2.45, 2.75) is 13.0 Å². The van der Waals surface area contributed by atoms with Crippen molar-refractivity contribution in [3.8, 4) is 5.75 Å². The average molecular weight is 236 g/mol. The van der Waals surface area contributed by atoms with Gasteiger partial charge in [-0.1, -0.05) is 18.2 Å². The molecule has 4 heteroatoms. The molecule has 1 rings (SSSR count). The summed E-state index contributed by atoms with van der Waals surface area (Å²) in [5, 5.41) is 9.75. The Morgan fingerprint density at radius 2 is 1.88 bits per heavy atom. The zero-order chi connectivity index (χ0) is 13.0. The summed E-state index contributed by atoms with van der Waals surface area (Å²) in [7, 11) is 5.47. The maximum atomic E-state index is 11.9. The van der Waals surface area contributed by atoms with E-state index in [4.69, 9.17) is 0 Å². The summed E-state index contributed by atoms with van der Waals surface area (Å²) in [6, 6.07) is 6.96. The van der Waals surface area contributed by atoms with Crippen LogP contribution in [0.1, 0.15) is 18.5 Å². The Morgan fingerprint density at radius 1 is 1.29 bits per heavy atom. The number of phenols is 1. The molecule has 1 aromatic carbocycles. The second kappa shape index (κ2) is 5.68. The Kier molecular flexibility index (Phi) is 4.52. The van der Waals surface area contributed by atoms with Gasteiger partial charge in [-0.2, -0.15) is 0 Å². The predicted molar refractivity (Wildman–Crippen MR) is 67.8 cm³/mol. The number of likely N-dealkylation sites (N-methyl/N-ethyl adjacent to an activating group) is 2. The summed E-state index contributed by atoms with van der Waals surface area (Å²) >= 11 is 0. The highest BCUT2D eigenvalue weighted by Gasteiger charge is 2.19. The molecule has 0 bridgehead atoms. The van der Waals surface area contributed by atoms with E-state index in [1.165, 1.54) is 0 Å². The van der Waals surface area contributed by atoms with E-state index < -0.39 is 0 Å². The monoisotopic (exact) mass is 236 g/mol. The molecule has 0 radical (unpaired) electrons. The molecule has 1 aromatic rings. The van der Waals surface area contributed by atoms with Crippen molar-refractivity contribution in [1.29, 1.82) is 0 Å². The predicted octanol–water partition coefficient (Wildman–Crippen LogP) is 1.47. The third kappa shape index (κ3) is 3.46. The molecule has 4 nitrogen and oxygen atoms in total. The number of phenolic OH excluding ortho intramolecular Hbond substituents is 1. The van der Waals surface area contributed by atoms with Crippen molar-refractivity contribution in [3.63, 3.8) is 0 Å². The van der Waals surface area contributed by atoms with Gasteiger partial charge in [0.1, 0.15) is 5.75 Å². The number of para-hydroxylation sites is 1. The van der Waals surface area contributed by atoms with Gasteiger partial charge in [-0.25, -0.2) is 0 Å². The van der Waals surface area contributed by atoms with Crippen molar-refractivity contribution < 1.29 is 9.90 Å². The lowest BCUT2D eigenvalue weighted by molar-refractivity contribution is -0.132. The third-order valence-corrected chi connectivity index (χ3v) is 2.81. The average Bonchev–Trinajstić information content (AvgIpc) is 2.27. The summed E-state index contributed by atoms with van der Waals surface area (Å²) in [5.41, 5.74) is 0.766. The minimum Gasteiger partial charge on any atom is -0.508 e. The van der Waals surface area contributed by atoms with Crippen LogP contribution in [-0.2, 0) is 4.79 Å². The number of hydrogen-bond acceptors (Lipinski definition) is 3. The highest BCUT2D eigenvalue weighted by molar-refractivity contribution is 5.78. The van der Waals surface area contributed by atoms with Gasteiger partial charge in [0.15, 0.2) is 0 Å². The minimum absolute atomic E-state index is 0.0331. The third-order valence-electron chi connectivity index (χ3n) is 2.81. The second-order valence-corrected chi connectivity index (χ2v) is 4.48. The fourth-order valence-corrected chi connectivity index (χ4v) is 1.65. The Bertz CT molecular complexity index is 391. The Morgan fingerprint density at radius 3 is 2.41 bits per heavy atom. The van der Waals surface area contributed by atoms with E-state index in [1.807, 2.05) is 38.1 Å². The molecule has 0 fully saturated rings. The maximum absolute atomic E-state index is 11.9. The first-order valence-corrected chi connectivity index (χ1v) is 5.61. The summed E-state index contributed by atoms with van der Waals surface area (Å²) in [4.78, 5) is 15.4. The largest absolute Gasteiger partial charge is 0.508 e. The lowest BCUT2D eigenvalue weighted by Crippen LogP contribution is -2.36. The summed E-state index contributed by atoms with van der Waals surface area (Å²) in [6.45, 7) is 2.27. The van der Waals surface area contributed by atoms with E-state index in [2.05, 4.69) is 0 Å². The molecule has 0 aliphatic heterocycles. The lowest BCUT2D eigenvalue weighted by atomic mass is 10.1. The lowest BCUT2D eigenvalue weighted by Gasteiger charge is -2.27. The molecule has 0 aromatic heterocycles. The normalized spacial score (nSPS) is 12.5. The standard InChI is InChI=1S/C13H20N2O2/c1-10(11-7-5-6-8-12(11)16)15(4)13(17)9-14(2)3/h5-8,10,16H,9H2,1-4H3. The van der Waals surface area contributed by atoms with Gasteiger partial charge in [0.05, 0.1) is 12.6 Å². The molecule has 0 heterocycles.